The minimum absolute atomic E-state index is 0.0580. The van der Waals surface area contributed by atoms with Crippen LogP contribution < -0.4 is 10.1 Å². The van der Waals surface area contributed by atoms with E-state index in [-0.39, 0.29) is 30.6 Å². The molecule has 0 aromatic heterocycles. The summed E-state index contributed by atoms with van der Waals surface area (Å²) < 4.78 is 40.6. The van der Waals surface area contributed by atoms with E-state index in [1.54, 1.807) is 32.0 Å². The van der Waals surface area contributed by atoms with Gasteiger partial charge in [-0.25, -0.2) is 4.79 Å². The number of cyclic esters (lactones) is 1. The smallest absolute Gasteiger partial charge is 0.387 e. The van der Waals surface area contributed by atoms with Gasteiger partial charge in [-0.2, -0.15) is 8.78 Å². The summed E-state index contributed by atoms with van der Waals surface area (Å²) in [5.74, 6) is -2.77. The van der Waals surface area contributed by atoms with Gasteiger partial charge in [-0.05, 0) is 19.9 Å². The lowest BCUT2D eigenvalue weighted by atomic mass is 9.74. The molecule has 0 saturated heterocycles. The first-order chi connectivity index (χ1) is 12.4. The summed E-state index contributed by atoms with van der Waals surface area (Å²) in [5.41, 5.74) is 1.14. The van der Waals surface area contributed by atoms with Crippen LogP contribution in [0.5, 0.6) is 5.75 Å². The Hall–Kier alpha value is -2.64. The van der Waals surface area contributed by atoms with E-state index >= 15 is 0 Å². The van der Waals surface area contributed by atoms with Crippen molar-refractivity contribution < 1.29 is 32.6 Å². The number of nitrogens with one attached hydrogen (secondary N) is 1. The van der Waals surface area contributed by atoms with E-state index in [0.29, 0.717) is 11.3 Å². The molecule has 0 fully saturated rings. The van der Waals surface area contributed by atoms with Crippen molar-refractivity contribution in [3.05, 3.63) is 41.1 Å². The minimum Gasteiger partial charge on any atom is -0.466 e. The van der Waals surface area contributed by atoms with Crippen LogP contribution in [0.3, 0.4) is 0 Å². The van der Waals surface area contributed by atoms with E-state index in [9.17, 15) is 18.4 Å². The van der Waals surface area contributed by atoms with Crippen molar-refractivity contribution in [3.63, 3.8) is 0 Å². The van der Waals surface area contributed by atoms with Crippen LogP contribution >= 0.6 is 0 Å². The summed E-state index contributed by atoms with van der Waals surface area (Å²) in [6, 6.07) is 5.77. The Balaban J connectivity index is 2.13. The summed E-state index contributed by atoms with van der Waals surface area (Å²) >= 11 is 0. The number of halogens is 2. The quantitative estimate of drug-likeness (QED) is 0.806. The highest BCUT2D eigenvalue weighted by atomic mass is 19.3. The molecular weight excluding hydrogens is 348 g/mol. The summed E-state index contributed by atoms with van der Waals surface area (Å²) in [5, 5.41) is 3.10. The monoisotopic (exact) mass is 367 g/mol. The fourth-order valence-electron chi connectivity index (χ4n) is 3.55. The largest absolute Gasteiger partial charge is 0.466 e. The molecule has 3 atom stereocenters. The van der Waals surface area contributed by atoms with E-state index in [0.717, 1.165) is 0 Å². The molecule has 0 radical (unpaired) electrons. The maximum absolute atomic E-state index is 12.8. The van der Waals surface area contributed by atoms with Crippen LogP contribution in [-0.4, -0.2) is 37.8 Å². The molecule has 0 aliphatic carbocycles. The Morgan fingerprint density at radius 1 is 1.38 bits per heavy atom. The number of carbonyl (C=O) groups is 2. The molecule has 8 heteroatoms. The molecule has 3 unspecified atom stereocenters. The van der Waals surface area contributed by atoms with E-state index in [1.807, 2.05) is 0 Å². The van der Waals surface area contributed by atoms with Crippen LogP contribution in [0.25, 0.3) is 0 Å². The fraction of sp³-hybridized carbons (Fsp3) is 0.444. The molecule has 1 aromatic carbocycles. The Bertz CT molecular complexity index is 749. The second kappa shape index (κ2) is 7.31. The van der Waals surface area contributed by atoms with Gasteiger partial charge in [0.05, 0.1) is 23.8 Å². The van der Waals surface area contributed by atoms with Crippen molar-refractivity contribution in [2.24, 2.45) is 5.92 Å². The highest BCUT2D eigenvalue weighted by Gasteiger charge is 2.48. The molecule has 0 spiro atoms. The van der Waals surface area contributed by atoms with Gasteiger partial charge in [0, 0.05) is 17.5 Å². The van der Waals surface area contributed by atoms with Gasteiger partial charge < -0.3 is 19.5 Å². The van der Waals surface area contributed by atoms with Crippen LogP contribution in [0.2, 0.25) is 0 Å². The zero-order valence-electron chi connectivity index (χ0n) is 14.3. The Morgan fingerprint density at radius 2 is 2.12 bits per heavy atom. The summed E-state index contributed by atoms with van der Waals surface area (Å²) in [4.78, 5) is 24.9. The number of ether oxygens (including phenoxy) is 3. The molecule has 26 heavy (non-hydrogen) atoms. The average molecular weight is 367 g/mol. The molecule has 2 aliphatic rings. The molecule has 0 bridgehead atoms. The number of benzene rings is 1. The van der Waals surface area contributed by atoms with Gasteiger partial charge in [-0.15, -0.1) is 0 Å². The third-order valence-electron chi connectivity index (χ3n) is 4.53. The number of esters is 2. The third kappa shape index (κ3) is 3.23. The van der Waals surface area contributed by atoms with Crippen molar-refractivity contribution in [2.75, 3.05) is 13.2 Å². The van der Waals surface area contributed by atoms with Gasteiger partial charge in [-0.3, -0.25) is 4.79 Å². The van der Waals surface area contributed by atoms with Crippen molar-refractivity contribution >= 4 is 11.9 Å². The molecule has 2 aliphatic heterocycles. The van der Waals surface area contributed by atoms with Crippen molar-refractivity contribution in [3.8, 4) is 5.75 Å². The Morgan fingerprint density at radius 3 is 2.81 bits per heavy atom. The van der Waals surface area contributed by atoms with Gasteiger partial charge >= 0.3 is 18.6 Å². The molecule has 0 amide bonds. The van der Waals surface area contributed by atoms with Crippen LogP contribution in [0, 0.1) is 5.92 Å². The van der Waals surface area contributed by atoms with Crippen molar-refractivity contribution in [2.45, 2.75) is 32.4 Å². The molecule has 2 heterocycles. The van der Waals surface area contributed by atoms with Crippen molar-refractivity contribution in [1.82, 2.24) is 5.32 Å². The molecule has 6 nitrogen and oxygen atoms in total. The summed E-state index contributed by atoms with van der Waals surface area (Å²) in [6.07, 6.45) is 0. The summed E-state index contributed by atoms with van der Waals surface area (Å²) in [7, 11) is 0. The molecular formula is C18H19F2NO5. The minimum atomic E-state index is -3.03. The molecule has 0 saturated carbocycles. The summed E-state index contributed by atoms with van der Waals surface area (Å²) in [6.45, 7) is 0.650. The predicted octanol–water partition coefficient (Wildman–Crippen LogP) is 2.35. The van der Waals surface area contributed by atoms with Gasteiger partial charge in [0.2, 0.25) is 0 Å². The average Bonchev–Trinajstić information content (AvgIpc) is 2.94. The lowest BCUT2D eigenvalue weighted by Gasteiger charge is -2.36. The zero-order valence-corrected chi connectivity index (χ0v) is 14.3. The van der Waals surface area contributed by atoms with E-state index in [1.165, 1.54) is 6.07 Å². The first-order valence-corrected chi connectivity index (χ1v) is 8.31. The normalized spacial score (nSPS) is 24.8. The standard InChI is InChI=1S/C18H19F2NO5/c1-3-24-16(22)13-9(2)21-11-8-25-17(23)15(11)14(13)10-6-4-5-7-12(10)26-18(19)20/h4-7,9,13-14,18,21H,3,8H2,1-2H3. The third-order valence-corrected chi connectivity index (χ3v) is 4.53. The second-order valence-corrected chi connectivity index (χ2v) is 6.07. The number of alkyl halides is 2. The van der Waals surface area contributed by atoms with Crippen molar-refractivity contribution in [1.29, 1.82) is 0 Å². The van der Waals surface area contributed by atoms with Gasteiger partial charge in [0.1, 0.15) is 12.4 Å². The molecule has 1 N–H and O–H groups in total. The number of hydrogen-bond acceptors (Lipinski definition) is 6. The van der Waals surface area contributed by atoms with Crippen LogP contribution in [0.15, 0.2) is 35.5 Å². The first kappa shape index (κ1) is 18.2. The topological polar surface area (TPSA) is 73.9 Å². The van der Waals surface area contributed by atoms with Gasteiger partial charge in [-0.1, -0.05) is 18.2 Å². The van der Waals surface area contributed by atoms with E-state index < -0.39 is 30.4 Å². The molecule has 140 valence electrons. The number of carbonyl (C=O) groups excluding carboxylic acids is 2. The van der Waals surface area contributed by atoms with E-state index in [4.69, 9.17) is 9.47 Å². The second-order valence-electron chi connectivity index (χ2n) is 6.07. The first-order valence-electron chi connectivity index (χ1n) is 8.31. The molecule has 3 rings (SSSR count). The zero-order chi connectivity index (χ0) is 18.8. The maximum Gasteiger partial charge on any atom is 0.387 e. The Labute approximate surface area is 149 Å². The highest BCUT2D eigenvalue weighted by Crippen LogP contribution is 2.45. The number of hydrogen-bond donors (Lipinski definition) is 1. The number of para-hydroxylation sites is 1. The Kier molecular flexibility index (Phi) is 5.11. The van der Waals surface area contributed by atoms with Crippen LogP contribution in [0.4, 0.5) is 8.78 Å². The SMILES string of the molecule is CCOC(=O)C1C(C)NC2=C(C(=O)OC2)C1c1ccccc1OC(F)F. The lowest BCUT2D eigenvalue weighted by Crippen LogP contribution is -2.47. The van der Waals surface area contributed by atoms with Crippen LogP contribution in [0.1, 0.15) is 25.3 Å². The highest BCUT2D eigenvalue weighted by molar-refractivity contribution is 5.95. The van der Waals surface area contributed by atoms with E-state index in [2.05, 4.69) is 10.1 Å². The maximum atomic E-state index is 12.8. The van der Waals surface area contributed by atoms with Gasteiger partial charge in [0.25, 0.3) is 0 Å². The fourth-order valence-corrected chi connectivity index (χ4v) is 3.55. The predicted molar refractivity (Wildman–Crippen MR) is 86.5 cm³/mol. The number of rotatable bonds is 5. The van der Waals surface area contributed by atoms with Gasteiger partial charge in [0.15, 0.2) is 0 Å². The lowest BCUT2D eigenvalue weighted by molar-refractivity contribution is -0.149. The molecule has 1 aromatic rings. The van der Waals surface area contributed by atoms with Crippen LogP contribution in [-0.2, 0) is 19.1 Å².